The Labute approximate surface area is 144 Å². The summed E-state index contributed by atoms with van der Waals surface area (Å²) in [5, 5.41) is 5.48. The molecular weight excluding hydrogens is 308 g/mol. The maximum atomic E-state index is 2.38. The fourth-order valence-corrected chi connectivity index (χ4v) is 5.40. The van der Waals surface area contributed by atoms with Crippen molar-refractivity contribution >= 4 is 42.3 Å². The fourth-order valence-electron chi connectivity index (χ4n) is 4.15. The van der Waals surface area contributed by atoms with Crippen molar-refractivity contribution in [1.82, 2.24) is 0 Å². The highest BCUT2D eigenvalue weighted by molar-refractivity contribution is 7.26. The van der Waals surface area contributed by atoms with Crippen molar-refractivity contribution in [2.24, 2.45) is 0 Å². The Balaban J connectivity index is 1.70. The van der Waals surface area contributed by atoms with Crippen molar-refractivity contribution in [2.75, 3.05) is 0 Å². The third kappa shape index (κ3) is 1.58. The van der Waals surface area contributed by atoms with Gasteiger partial charge in [0, 0.05) is 26.6 Å². The van der Waals surface area contributed by atoms with E-state index in [0.717, 1.165) is 6.42 Å². The van der Waals surface area contributed by atoms with Gasteiger partial charge in [-0.25, -0.2) is 0 Å². The number of hydrogen-bond donors (Lipinski definition) is 0. The monoisotopic (exact) mass is 322 g/mol. The third-order valence-electron chi connectivity index (χ3n) is 5.28. The van der Waals surface area contributed by atoms with Gasteiger partial charge in [0.25, 0.3) is 0 Å². The molecule has 4 aromatic carbocycles. The van der Waals surface area contributed by atoms with Gasteiger partial charge in [0.15, 0.2) is 0 Å². The van der Waals surface area contributed by atoms with E-state index in [1.165, 1.54) is 53.2 Å². The van der Waals surface area contributed by atoms with E-state index in [9.17, 15) is 0 Å². The van der Waals surface area contributed by atoms with Crippen LogP contribution in [0.25, 0.3) is 42.1 Å². The molecule has 24 heavy (non-hydrogen) atoms. The molecule has 1 aromatic heterocycles. The molecule has 1 aliphatic rings. The summed E-state index contributed by atoms with van der Waals surface area (Å²) in [6.45, 7) is 0. The van der Waals surface area contributed by atoms with Crippen LogP contribution in [-0.2, 0) is 6.42 Å². The normalized spacial score (nSPS) is 12.8. The highest BCUT2D eigenvalue weighted by atomic mass is 32.1. The molecule has 1 aliphatic carbocycles. The number of thiophene rings is 1. The topological polar surface area (TPSA) is 0 Å². The molecule has 1 heterocycles. The van der Waals surface area contributed by atoms with Crippen LogP contribution >= 0.6 is 11.3 Å². The van der Waals surface area contributed by atoms with Gasteiger partial charge in [-0.2, -0.15) is 0 Å². The lowest BCUT2D eigenvalue weighted by Gasteiger charge is -2.04. The quantitative estimate of drug-likeness (QED) is 0.289. The summed E-state index contributed by atoms with van der Waals surface area (Å²) in [5.41, 5.74) is 5.82. The molecule has 0 unspecified atom stereocenters. The van der Waals surface area contributed by atoms with Crippen LogP contribution in [0.15, 0.2) is 72.8 Å². The zero-order chi connectivity index (χ0) is 15.7. The Morgan fingerprint density at radius 1 is 0.667 bits per heavy atom. The molecule has 0 bridgehead atoms. The van der Waals surface area contributed by atoms with Gasteiger partial charge < -0.3 is 0 Å². The molecule has 0 saturated heterocycles. The molecule has 0 radical (unpaired) electrons. The second kappa shape index (κ2) is 4.46. The lowest BCUT2D eigenvalue weighted by Crippen LogP contribution is -1.81. The Hall–Kier alpha value is -2.64. The molecule has 0 saturated carbocycles. The molecule has 0 atom stereocenters. The average molecular weight is 322 g/mol. The minimum absolute atomic E-state index is 1.06. The van der Waals surface area contributed by atoms with Gasteiger partial charge in [-0.3, -0.25) is 0 Å². The summed E-state index contributed by atoms with van der Waals surface area (Å²) >= 11 is 1.94. The second-order valence-electron chi connectivity index (χ2n) is 6.60. The van der Waals surface area contributed by atoms with Crippen molar-refractivity contribution < 1.29 is 0 Å². The smallest absolute Gasteiger partial charge is 0.0396 e. The van der Waals surface area contributed by atoms with Crippen molar-refractivity contribution in [3.63, 3.8) is 0 Å². The summed E-state index contributed by atoms with van der Waals surface area (Å²) in [6.07, 6.45) is 1.06. The molecule has 0 amide bonds. The van der Waals surface area contributed by atoms with Crippen LogP contribution in [0.4, 0.5) is 0 Å². The number of benzene rings is 4. The Bertz CT molecular complexity index is 1270. The number of hydrogen-bond acceptors (Lipinski definition) is 1. The van der Waals surface area contributed by atoms with Gasteiger partial charge in [0.1, 0.15) is 0 Å². The molecule has 0 N–H and O–H groups in total. The standard InChI is InChI=1S/C23H14S/c1-2-6-15-12-20-16(11-14(15)5-1)13-21-17(20)9-10-19-18-7-3-4-8-22(18)24-23(19)21/h1-12H,13H2. The first-order valence-electron chi connectivity index (χ1n) is 8.34. The van der Waals surface area contributed by atoms with Gasteiger partial charge in [-0.1, -0.05) is 60.7 Å². The van der Waals surface area contributed by atoms with E-state index in [-0.39, 0.29) is 0 Å². The van der Waals surface area contributed by atoms with Crippen molar-refractivity contribution in [3.8, 4) is 11.1 Å². The maximum Gasteiger partial charge on any atom is 0.0396 e. The SMILES string of the molecule is c1ccc2cc3c(cc2c1)Cc1c-3ccc2c1sc1ccccc12. The van der Waals surface area contributed by atoms with Gasteiger partial charge >= 0.3 is 0 Å². The summed E-state index contributed by atoms with van der Waals surface area (Å²) in [7, 11) is 0. The molecule has 112 valence electrons. The molecular formula is C23H14S. The molecule has 6 rings (SSSR count). The molecule has 0 fully saturated rings. The van der Waals surface area contributed by atoms with Crippen LogP contribution in [0.2, 0.25) is 0 Å². The van der Waals surface area contributed by atoms with Gasteiger partial charge in [0.2, 0.25) is 0 Å². The largest absolute Gasteiger partial charge is 0.135 e. The van der Waals surface area contributed by atoms with Crippen LogP contribution in [0.3, 0.4) is 0 Å². The van der Waals surface area contributed by atoms with E-state index in [2.05, 4.69) is 72.8 Å². The first-order valence-corrected chi connectivity index (χ1v) is 9.15. The minimum Gasteiger partial charge on any atom is -0.135 e. The summed E-state index contributed by atoms with van der Waals surface area (Å²) in [5.74, 6) is 0. The van der Waals surface area contributed by atoms with E-state index in [1.54, 1.807) is 0 Å². The maximum absolute atomic E-state index is 2.38. The lowest BCUT2D eigenvalue weighted by molar-refractivity contribution is 1.30. The Kier molecular flexibility index (Phi) is 2.37. The van der Waals surface area contributed by atoms with E-state index < -0.39 is 0 Å². The first-order chi connectivity index (χ1) is 11.9. The Morgan fingerprint density at radius 2 is 1.46 bits per heavy atom. The predicted octanol–water partition coefficient (Wildman–Crippen LogP) is 6.78. The van der Waals surface area contributed by atoms with E-state index in [4.69, 9.17) is 0 Å². The summed E-state index contributed by atoms with van der Waals surface area (Å²) in [6, 6.07) is 26.8. The summed E-state index contributed by atoms with van der Waals surface area (Å²) < 4.78 is 2.86. The van der Waals surface area contributed by atoms with Crippen LogP contribution in [0, 0.1) is 0 Å². The highest BCUT2D eigenvalue weighted by Crippen LogP contribution is 2.46. The van der Waals surface area contributed by atoms with Gasteiger partial charge in [0.05, 0.1) is 0 Å². The molecule has 0 nitrogen and oxygen atoms in total. The fraction of sp³-hybridized carbons (Fsp3) is 0.0435. The minimum atomic E-state index is 1.06. The highest BCUT2D eigenvalue weighted by Gasteiger charge is 2.22. The van der Waals surface area contributed by atoms with Crippen molar-refractivity contribution in [2.45, 2.75) is 6.42 Å². The van der Waals surface area contributed by atoms with Crippen LogP contribution < -0.4 is 0 Å². The van der Waals surface area contributed by atoms with Crippen molar-refractivity contribution in [1.29, 1.82) is 0 Å². The molecule has 1 heteroatoms. The molecule has 0 aliphatic heterocycles. The predicted molar refractivity (Wildman–Crippen MR) is 105 cm³/mol. The van der Waals surface area contributed by atoms with Gasteiger partial charge in [-0.15, -0.1) is 11.3 Å². The first kappa shape index (κ1) is 12.7. The zero-order valence-electron chi connectivity index (χ0n) is 13.0. The molecule has 0 spiro atoms. The van der Waals surface area contributed by atoms with E-state index in [0.29, 0.717) is 0 Å². The van der Waals surface area contributed by atoms with Gasteiger partial charge in [-0.05, 0) is 45.2 Å². The van der Waals surface area contributed by atoms with Crippen molar-refractivity contribution in [3.05, 3.63) is 83.9 Å². The summed E-state index contributed by atoms with van der Waals surface area (Å²) in [4.78, 5) is 0. The lowest BCUT2D eigenvalue weighted by atomic mass is 10.0. The van der Waals surface area contributed by atoms with Crippen LogP contribution in [0.1, 0.15) is 11.1 Å². The van der Waals surface area contributed by atoms with Crippen LogP contribution in [0.5, 0.6) is 0 Å². The molecule has 5 aromatic rings. The Morgan fingerprint density at radius 3 is 2.38 bits per heavy atom. The van der Waals surface area contributed by atoms with Crippen LogP contribution in [-0.4, -0.2) is 0 Å². The average Bonchev–Trinajstić information content (AvgIpc) is 3.17. The zero-order valence-corrected chi connectivity index (χ0v) is 13.9. The number of rotatable bonds is 0. The second-order valence-corrected chi connectivity index (χ2v) is 7.65. The van der Waals surface area contributed by atoms with E-state index >= 15 is 0 Å². The van der Waals surface area contributed by atoms with E-state index in [1.807, 2.05) is 11.3 Å². The number of fused-ring (bicyclic) bond motifs is 8. The third-order valence-corrected chi connectivity index (χ3v) is 6.53.